The number of nitrogens with zero attached hydrogens (tertiary/aromatic N) is 1. The molecule has 108 valence electrons. The van der Waals surface area contributed by atoms with E-state index in [0.717, 1.165) is 0 Å². The number of carboxylic acid groups (broad SMARTS) is 1. The first-order chi connectivity index (χ1) is 9.88. The second-order valence-electron chi connectivity index (χ2n) is 3.93. The van der Waals surface area contributed by atoms with Gasteiger partial charge in [-0.1, -0.05) is 23.2 Å². The number of carbonyl (C=O) groups is 2. The van der Waals surface area contributed by atoms with E-state index in [4.69, 9.17) is 28.3 Å². The number of nitrogens with one attached hydrogen (secondary N) is 1. The normalized spacial score (nSPS) is 10.2. The van der Waals surface area contributed by atoms with E-state index < -0.39 is 11.9 Å². The summed E-state index contributed by atoms with van der Waals surface area (Å²) in [6.07, 6.45) is 0. The molecule has 1 aromatic heterocycles. The van der Waals surface area contributed by atoms with Gasteiger partial charge in [-0.2, -0.15) is 0 Å². The summed E-state index contributed by atoms with van der Waals surface area (Å²) in [5, 5.41) is 11.7. The maximum absolute atomic E-state index is 12.1. The third-order valence-corrected chi connectivity index (χ3v) is 3.68. The molecule has 0 spiro atoms. The molecule has 0 bridgehead atoms. The Bertz CT molecular complexity index is 737. The topological polar surface area (TPSA) is 79.3 Å². The van der Waals surface area contributed by atoms with E-state index in [1.54, 1.807) is 0 Å². The second kappa shape index (κ2) is 6.43. The van der Waals surface area contributed by atoms with Crippen molar-refractivity contribution in [2.24, 2.45) is 0 Å². The van der Waals surface area contributed by atoms with Crippen LogP contribution in [0.5, 0.6) is 0 Å². The number of pyridine rings is 1. The molecule has 0 aliphatic rings. The van der Waals surface area contributed by atoms with Gasteiger partial charge >= 0.3 is 5.97 Å². The van der Waals surface area contributed by atoms with Gasteiger partial charge in [0.25, 0.3) is 5.91 Å². The van der Waals surface area contributed by atoms with E-state index in [1.807, 2.05) is 0 Å². The number of benzene rings is 1. The van der Waals surface area contributed by atoms with Gasteiger partial charge in [0.05, 0.1) is 16.8 Å². The predicted octanol–water partition coefficient (Wildman–Crippen LogP) is 4.10. The van der Waals surface area contributed by atoms with Crippen molar-refractivity contribution in [1.29, 1.82) is 0 Å². The van der Waals surface area contributed by atoms with Crippen molar-refractivity contribution in [3.05, 3.63) is 56.2 Å². The van der Waals surface area contributed by atoms with E-state index in [2.05, 4.69) is 26.2 Å². The lowest BCUT2D eigenvalue weighted by Gasteiger charge is -2.09. The molecular formula is C13H7BrCl2N2O3. The van der Waals surface area contributed by atoms with Crippen LogP contribution in [0, 0.1) is 0 Å². The highest BCUT2D eigenvalue weighted by molar-refractivity contribution is 9.10. The van der Waals surface area contributed by atoms with Crippen molar-refractivity contribution in [2.45, 2.75) is 0 Å². The zero-order chi connectivity index (χ0) is 15.6. The lowest BCUT2D eigenvalue weighted by atomic mass is 10.2. The summed E-state index contributed by atoms with van der Waals surface area (Å²) in [5.41, 5.74) is 0.678. The maximum Gasteiger partial charge on any atom is 0.335 e. The number of hydrogen-bond acceptors (Lipinski definition) is 3. The average Bonchev–Trinajstić information content (AvgIpc) is 2.40. The van der Waals surface area contributed by atoms with Crippen LogP contribution >= 0.6 is 39.1 Å². The van der Waals surface area contributed by atoms with Gasteiger partial charge in [-0.3, -0.25) is 4.79 Å². The number of hydrogen-bond donors (Lipinski definition) is 2. The summed E-state index contributed by atoms with van der Waals surface area (Å²) < 4.78 is 0.439. The third-order valence-electron chi connectivity index (χ3n) is 2.52. The number of rotatable bonds is 3. The van der Waals surface area contributed by atoms with Crippen LogP contribution in [0.2, 0.25) is 10.3 Å². The van der Waals surface area contributed by atoms with Crippen LogP contribution in [0.1, 0.15) is 20.7 Å². The van der Waals surface area contributed by atoms with E-state index in [0.29, 0.717) is 10.2 Å². The quantitative estimate of drug-likeness (QED) is 0.774. The second-order valence-corrected chi connectivity index (χ2v) is 5.53. The highest BCUT2D eigenvalue weighted by Gasteiger charge is 2.14. The number of halogens is 3. The SMILES string of the molecule is O=C(O)c1ccc(NC(=O)c2ccc(Cl)nc2Cl)c(Br)c1. The van der Waals surface area contributed by atoms with Crippen molar-refractivity contribution >= 4 is 56.7 Å². The number of amides is 1. The first-order valence-electron chi connectivity index (χ1n) is 5.54. The fourth-order valence-electron chi connectivity index (χ4n) is 1.52. The van der Waals surface area contributed by atoms with Gasteiger partial charge < -0.3 is 10.4 Å². The minimum atomic E-state index is -1.06. The van der Waals surface area contributed by atoms with E-state index >= 15 is 0 Å². The summed E-state index contributed by atoms with van der Waals surface area (Å²) in [7, 11) is 0. The van der Waals surface area contributed by atoms with Crippen molar-refractivity contribution in [3.63, 3.8) is 0 Å². The summed E-state index contributed by atoms with van der Waals surface area (Å²) in [4.78, 5) is 26.7. The van der Waals surface area contributed by atoms with Crippen LogP contribution in [0.4, 0.5) is 5.69 Å². The Morgan fingerprint density at radius 3 is 2.48 bits per heavy atom. The molecule has 1 amide bonds. The Kier molecular flexibility index (Phi) is 4.82. The highest BCUT2D eigenvalue weighted by atomic mass is 79.9. The predicted molar refractivity (Wildman–Crippen MR) is 83.3 cm³/mol. The molecule has 21 heavy (non-hydrogen) atoms. The molecule has 2 N–H and O–H groups in total. The van der Waals surface area contributed by atoms with Crippen LogP contribution in [-0.4, -0.2) is 22.0 Å². The lowest BCUT2D eigenvalue weighted by Crippen LogP contribution is -2.13. The molecule has 0 saturated carbocycles. The zero-order valence-electron chi connectivity index (χ0n) is 10.2. The summed E-state index contributed by atoms with van der Waals surface area (Å²) in [6, 6.07) is 7.14. The van der Waals surface area contributed by atoms with Gasteiger partial charge in [0.15, 0.2) is 0 Å². The molecule has 1 heterocycles. The molecule has 2 aromatic rings. The molecular weight excluding hydrogens is 383 g/mol. The fourth-order valence-corrected chi connectivity index (χ4v) is 2.43. The van der Waals surface area contributed by atoms with E-state index in [1.165, 1.54) is 30.3 Å². The van der Waals surface area contributed by atoms with Crippen molar-refractivity contribution in [1.82, 2.24) is 4.98 Å². The monoisotopic (exact) mass is 388 g/mol. The molecule has 0 aliphatic heterocycles. The molecule has 8 heteroatoms. The molecule has 0 aliphatic carbocycles. The molecule has 0 saturated heterocycles. The standard InChI is InChI=1S/C13H7BrCl2N2O3/c14-8-5-6(13(20)21)1-3-9(8)17-12(19)7-2-4-10(15)18-11(7)16/h1-5H,(H,17,19)(H,20,21). The summed E-state index contributed by atoms with van der Waals surface area (Å²) in [6.45, 7) is 0. The van der Waals surface area contributed by atoms with Crippen LogP contribution in [0.25, 0.3) is 0 Å². The maximum atomic E-state index is 12.1. The molecule has 0 atom stereocenters. The van der Waals surface area contributed by atoms with E-state index in [9.17, 15) is 9.59 Å². The average molecular weight is 390 g/mol. The van der Waals surface area contributed by atoms with E-state index in [-0.39, 0.29) is 21.4 Å². The van der Waals surface area contributed by atoms with Crippen molar-refractivity contribution in [3.8, 4) is 0 Å². The van der Waals surface area contributed by atoms with Crippen LogP contribution in [-0.2, 0) is 0 Å². The Labute approximate surface area is 138 Å². The molecule has 2 rings (SSSR count). The van der Waals surface area contributed by atoms with Gasteiger partial charge in [-0.15, -0.1) is 0 Å². The Morgan fingerprint density at radius 1 is 1.19 bits per heavy atom. The molecule has 5 nitrogen and oxygen atoms in total. The minimum absolute atomic E-state index is 0.0155. The Morgan fingerprint density at radius 2 is 1.90 bits per heavy atom. The van der Waals surface area contributed by atoms with Crippen molar-refractivity contribution in [2.75, 3.05) is 5.32 Å². The van der Waals surface area contributed by atoms with Gasteiger partial charge in [-0.05, 0) is 46.3 Å². The van der Waals surface area contributed by atoms with Gasteiger partial charge in [-0.25, -0.2) is 9.78 Å². The zero-order valence-corrected chi connectivity index (χ0v) is 13.3. The van der Waals surface area contributed by atoms with Gasteiger partial charge in [0, 0.05) is 4.47 Å². The fraction of sp³-hybridized carbons (Fsp3) is 0. The first kappa shape index (κ1) is 15.8. The minimum Gasteiger partial charge on any atom is -0.478 e. The number of aromatic carboxylic acids is 1. The number of aromatic nitrogens is 1. The molecule has 0 unspecified atom stereocenters. The molecule has 1 aromatic carbocycles. The summed E-state index contributed by atoms with van der Waals surface area (Å²) >= 11 is 14.7. The van der Waals surface area contributed by atoms with Gasteiger partial charge in [0.2, 0.25) is 0 Å². The van der Waals surface area contributed by atoms with Gasteiger partial charge in [0.1, 0.15) is 10.3 Å². The number of carboxylic acids is 1. The van der Waals surface area contributed by atoms with Crippen LogP contribution < -0.4 is 5.32 Å². The largest absolute Gasteiger partial charge is 0.478 e. The molecule has 0 fully saturated rings. The lowest BCUT2D eigenvalue weighted by molar-refractivity contribution is 0.0696. The summed E-state index contributed by atoms with van der Waals surface area (Å²) in [5.74, 6) is -1.54. The van der Waals surface area contributed by atoms with Crippen LogP contribution in [0.3, 0.4) is 0 Å². The van der Waals surface area contributed by atoms with Crippen LogP contribution in [0.15, 0.2) is 34.8 Å². The Hall–Kier alpha value is -1.63. The number of carbonyl (C=O) groups excluding carboxylic acids is 1. The smallest absolute Gasteiger partial charge is 0.335 e. The van der Waals surface area contributed by atoms with Crippen molar-refractivity contribution < 1.29 is 14.7 Å². The third kappa shape index (κ3) is 3.72. The highest BCUT2D eigenvalue weighted by Crippen LogP contribution is 2.25. The molecule has 0 radical (unpaired) electrons. The Balaban J connectivity index is 2.25. The first-order valence-corrected chi connectivity index (χ1v) is 7.09. The number of anilines is 1.